The maximum atomic E-state index is 12.4. The van der Waals surface area contributed by atoms with Gasteiger partial charge in [0.2, 0.25) is 0 Å². The Morgan fingerprint density at radius 3 is 2.35 bits per heavy atom. The van der Waals surface area contributed by atoms with Crippen LogP contribution in [0.3, 0.4) is 0 Å². The van der Waals surface area contributed by atoms with Crippen LogP contribution in [-0.4, -0.2) is 44.9 Å². The first kappa shape index (κ1) is 19.1. The molecule has 7 heteroatoms. The smallest absolute Gasteiger partial charge is 0.335 e. The van der Waals surface area contributed by atoms with Crippen molar-refractivity contribution in [2.75, 3.05) is 27.9 Å². The molecule has 7 nitrogen and oxygen atoms in total. The van der Waals surface area contributed by atoms with Gasteiger partial charge in [0, 0.05) is 6.54 Å². The highest BCUT2D eigenvalue weighted by atomic mass is 16.5. The van der Waals surface area contributed by atoms with E-state index in [1.165, 1.54) is 33.5 Å². The van der Waals surface area contributed by atoms with Gasteiger partial charge in [0.1, 0.15) is 5.75 Å². The highest BCUT2D eigenvalue weighted by Crippen LogP contribution is 2.30. The zero-order chi connectivity index (χ0) is 19.1. The SMILES string of the molecule is COc1cc(C(=O)O)ccc1CCNC(=O)c1cccc(OC)c1OC. The number of carbonyl (C=O) groups excluding carboxylic acids is 1. The monoisotopic (exact) mass is 359 g/mol. The van der Waals surface area contributed by atoms with Gasteiger partial charge in [-0.1, -0.05) is 12.1 Å². The first-order valence-corrected chi connectivity index (χ1v) is 7.91. The van der Waals surface area contributed by atoms with E-state index in [2.05, 4.69) is 5.32 Å². The second kappa shape index (κ2) is 8.75. The third-order valence-corrected chi connectivity index (χ3v) is 3.86. The highest BCUT2D eigenvalue weighted by Gasteiger charge is 2.16. The van der Waals surface area contributed by atoms with Gasteiger partial charge in [-0.3, -0.25) is 4.79 Å². The molecular formula is C19H21NO6. The number of ether oxygens (including phenoxy) is 3. The maximum Gasteiger partial charge on any atom is 0.335 e. The number of methoxy groups -OCH3 is 3. The van der Waals surface area contributed by atoms with Gasteiger partial charge < -0.3 is 24.6 Å². The zero-order valence-corrected chi connectivity index (χ0v) is 14.9. The summed E-state index contributed by atoms with van der Waals surface area (Å²) in [5.74, 6) is 0.00947. The number of carboxylic acid groups (broad SMARTS) is 1. The predicted octanol–water partition coefficient (Wildman–Crippen LogP) is 2.38. The fourth-order valence-corrected chi connectivity index (χ4v) is 2.56. The Labute approximate surface area is 151 Å². The number of carbonyl (C=O) groups is 2. The molecule has 0 fully saturated rings. The van der Waals surface area contributed by atoms with E-state index in [1.807, 2.05) is 0 Å². The number of amides is 1. The van der Waals surface area contributed by atoms with Gasteiger partial charge in [0.05, 0.1) is 32.5 Å². The van der Waals surface area contributed by atoms with Crippen LogP contribution in [0.25, 0.3) is 0 Å². The lowest BCUT2D eigenvalue weighted by molar-refractivity contribution is 0.0696. The molecule has 0 saturated carbocycles. The molecule has 0 aliphatic rings. The molecule has 0 spiro atoms. The fraction of sp³-hybridized carbons (Fsp3) is 0.263. The van der Waals surface area contributed by atoms with E-state index in [4.69, 9.17) is 19.3 Å². The number of aromatic carboxylic acids is 1. The molecule has 0 unspecified atom stereocenters. The van der Waals surface area contributed by atoms with Crippen molar-refractivity contribution in [1.29, 1.82) is 0 Å². The summed E-state index contributed by atoms with van der Waals surface area (Å²) < 4.78 is 15.7. The molecule has 0 aliphatic heterocycles. The summed E-state index contributed by atoms with van der Waals surface area (Å²) in [6.45, 7) is 0.349. The van der Waals surface area contributed by atoms with Crippen LogP contribution in [-0.2, 0) is 6.42 Å². The van der Waals surface area contributed by atoms with Gasteiger partial charge in [0.15, 0.2) is 11.5 Å². The minimum atomic E-state index is -1.02. The van der Waals surface area contributed by atoms with Crippen molar-refractivity contribution in [1.82, 2.24) is 5.32 Å². The van der Waals surface area contributed by atoms with Crippen molar-refractivity contribution in [2.45, 2.75) is 6.42 Å². The number of hydrogen-bond acceptors (Lipinski definition) is 5. The van der Waals surface area contributed by atoms with Gasteiger partial charge in [-0.05, 0) is 36.2 Å². The third kappa shape index (κ3) is 4.24. The van der Waals surface area contributed by atoms with E-state index in [9.17, 15) is 9.59 Å². The van der Waals surface area contributed by atoms with Crippen molar-refractivity contribution in [2.24, 2.45) is 0 Å². The Morgan fingerprint density at radius 1 is 1.00 bits per heavy atom. The van der Waals surface area contributed by atoms with Crippen LogP contribution >= 0.6 is 0 Å². The molecule has 138 valence electrons. The average Bonchev–Trinajstić information content (AvgIpc) is 2.66. The van der Waals surface area contributed by atoms with E-state index < -0.39 is 5.97 Å². The Bertz CT molecular complexity index is 803. The molecular weight excluding hydrogens is 338 g/mol. The second-order valence-electron chi connectivity index (χ2n) is 5.38. The summed E-state index contributed by atoms with van der Waals surface area (Å²) >= 11 is 0. The lowest BCUT2D eigenvalue weighted by atomic mass is 10.1. The highest BCUT2D eigenvalue weighted by molar-refractivity contribution is 5.97. The molecule has 0 radical (unpaired) electrons. The first-order valence-electron chi connectivity index (χ1n) is 7.91. The third-order valence-electron chi connectivity index (χ3n) is 3.86. The van der Waals surface area contributed by atoms with Crippen molar-refractivity contribution >= 4 is 11.9 Å². The molecule has 26 heavy (non-hydrogen) atoms. The van der Waals surface area contributed by atoms with Crippen LogP contribution in [0.4, 0.5) is 0 Å². The zero-order valence-electron chi connectivity index (χ0n) is 14.9. The Kier molecular flexibility index (Phi) is 6.43. The van der Waals surface area contributed by atoms with Crippen LogP contribution < -0.4 is 19.5 Å². The van der Waals surface area contributed by atoms with Crippen molar-refractivity contribution in [3.8, 4) is 17.2 Å². The van der Waals surface area contributed by atoms with Crippen LogP contribution in [0.5, 0.6) is 17.2 Å². The van der Waals surface area contributed by atoms with Crippen LogP contribution in [0.1, 0.15) is 26.3 Å². The lowest BCUT2D eigenvalue weighted by Crippen LogP contribution is -2.26. The quantitative estimate of drug-likeness (QED) is 0.752. The van der Waals surface area contributed by atoms with Crippen molar-refractivity contribution < 1.29 is 28.9 Å². The number of hydrogen-bond donors (Lipinski definition) is 2. The molecule has 1 amide bonds. The molecule has 0 aliphatic carbocycles. The summed E-state index contributed by atoms with van der Waals surface area (Å²) in [6, 6.07) is 9.73. The lowest BCUT2D eigenvalue weighted by Gasteiger charge is -2.13. The number of carboxylic acids is 1. The number of benzene rings is 2. The number of rotatable bonds is 8. The van der Waals surface area contributed by atoms with Crippen molar-refractivity contribution in [3.05, 3.63) is 53.1 Å². The second-order valence-corrected chi connectivity index (χ2v) is 5.38. The summed E-state index contributed by atoms with van der Waals surface area (Å²) in [7, 11) is 4.46. The van der Waals surface area contributed by atoms with E-state index in [0.29, 0.717) is 35.8 Å². The largest absolute Gasteiger partial charge is 0.496 e. The Morgan fingerprint density at radius 2 is 1.73 bits per heavy atom. The normalized spacial score (nSPS) is 10.1. The van der Waals surface area contributed by atoms with Gasteiger partial charge in [-0.15, -0.1) is 0 Å². The summed E-state index contributed by atoms with van der Waals surface area (Å²) in [6.07, 6.45) is 0.487. The summed E-state index contributed by atoms with van der Waals surface area (Å²) in [4.78, 5) is 23.4. The van der Waals surface area contributed by atoms with Crippen LogP contribution in [0, 0.1) is 0 Å². The topological polar surface area (TPSA) is 94.1 Å². The first-order chi connectivity index (χ1) is 12.5. The van der Waals surface area contributed by atoms with Gasteiger partial charge in [-0.25, -0.2) is 4.79 Å². The van der Waals surface area contributed by atoms with Crippen molar-refractivity contribution in [3.63, 3.8) is 0 Å². The molecule has 2 rings (SSSR count). The number of nitrogens with one attached hydrogen (secondary N) is 1. The predicted molar refractivity (Wildman–Crippen MR) is 95.5 cm³/mol. The molecule has 0 heterocycles. The van der Waals surface area contributed by atoms with E-state index in [0.717, 1.165) is 5.56 Å². The Hall–Kier alpha value is -3.22. The minimum Gasteiger partial charge on any atom is -0.496 e. The molecule has 2 aromatic rings. The van der Waals surface area contributed by atoms with E-state index in [-0.39, 0.29) is 11.5 Å². The molecule has 2 aromatic carbocycles. The van der Waals surface area contributed by atoms with Gasteiger partial charge in [0.25, 0.3) is 5.91 Å². The molecule has 2 N–H and O–H groups in total. The molecule has 0 atom stereocenters. The summed E-state index contributed by atoms with van der Waals surface area (Å²) in [5, 5.41) is 11.8. The Balaban J connectivity index is 2.06. The molecule has 0 bridgehead atoms. The minimum absolute atomic E-state index is 0.149. The van der Waals surface area contributed by atoms with Crippen LogP contribution in [0.15, 0.2) is 36.4 Å². The fourth-order valence-electron chi connectivity index (χ4n) is 2.56. The molecule has 0 aromatic heterocycles. The van der Waals surface area contributed by atoms with E-state index in [1.54, 1.807) is 24.3 Å². The van der Waals surface area contributed by atoms with Gasteiger partial charge in [-0.2, -0.15) is 0 Å². The maximum absolute atomic E-state index is 12.4. The van der Waals surface area contributed by atoms with E-state index >= 15 is 0 Å². The van der Waals surface area contributed by atoms with Crippen LogP contribution in [0.2, 0.25) is 0 Å². The average molecular weight is 359 g/mol. The standard InChI is InChI=1S/C19H21NO6/c1-24-15-6-4-5-14(17(15)26-3)18(21)20-10-9-12-7-8-13(19(22)23)11-16(12)25-2/h4-8,11H,9-10H2,1-3H3,(H,20,21)(H,22,23). The van der Waals surface area contributed by atoms with Gasteiger partial charge >= 0.3 is 5.97 Å². The number of para-hydroxylation sites is 1. The summed E-state index contributed by atoms with van der Waals surface area (Å²) in [5.41, 5.74) is 1.33. The molecule has 0 saturated heterocycles.